The molecule has 0 saturated carbocycles. The first-order valence-corrected chi connectivity index (χ1v) is 8.32. The van der Waals surface area contributed by atoms with Crippen LogP contribution in [0.15, 0.2) is 46.9 Å². The van der Waals surface area contributed by atoms with E-state index in [0.29, 0.717) is 19.4 Å². The van der Waals surface area contributed by atoms with Crippen LogP contribution in [0.5, 0.6) is 0 Å². The Morgan fingerprint density at radius 2 is 1.96 bits per heavy atom. The van der Waals surface area contributed by atoms with Gasteiger partial charge in [-0.15, -0.1) is 0 Å². The zero-order valence-corrected chi connectivity index (χ0v) is 14.4. The maximum atomic E-state index is 10.9. The molecule has 0 fully saturated rings. The lowest BCUT2D eigenvalue weighted by molar-refractivity contribution is -0.141. The number of carbonyl (C=O) groups excluding carboxylic acids is 1. The molecule has 0 radical (unpaired) electrons. The number of ether oxygens (including phenoxy) is 1. The number of benzene rings is 2. The largest absolute Gasteiger partial charge is 0.466 e. The van der Waals surface area contributed by atoms with Crippen molar-refractivity contribution >= 4 is 21.9 Å². The average Bonchev–Trinajstić information content (AvgIpc) is 2.81. The van der Waals surface area contributed by atoms with Crippen LogP contribution in [0.2, 0.25) is 0 Å². The van der Waals surface area contributed by atoms with Crippen LogP contribution in [-0.4, -0.2) is 12.6 Å². The fraction of sp³-hybridized carbons (Fsp3) is 0.263. The van der Waals surface area contributed by atoms with Crippen molar-refractivity contribution < 1.29 is 9.53 Å². The number of nitrogens with zero attached hydrogens (tertiary/aromatic N) is 1. The van der Waals surface area contributed by atoms with E-state index in [0.717, 1.165) is 26.7 Å². The highest BCUT2D eigenvalue weighted by Gasteiger charge is 2.43. The van der Waals surface area contributed by atoms with Crippen molar-refractivity contribution in [2.75, 3.05) is 6.61 Å². The van der Waals surface area contributed by atoms with Gasteiger partial charge in [-0.3, -0.25) is 4.79 Å². The van der Waals surface area contributed by atoms with E-state index in [1.54, 1.807) is 0 Å². The second-order valence-electron chi connectivity index (χ2n) is 5.70. The van der Waals surface area contributed by atoms with Gasteiger partial charge >= 0.3 is 5.97 Å². The summed E-state index contributed by atoms with van der Waals surface area (Å²) < 4.78 is 5.99. The van der Waals surface area contributed by atoms with Gasteiger partial charge in [0.05, 0.1) is 12.7 Å². The lowest BCUT2D eigenvalue weighted by Crippen LogP contribution is -2.23. The standard InChI is InChI=1S/C19H16BrNO2/c1-13(22)23-10-4-9-19(12-21)17-6-3-2-5-15(17)16-8-7-14(20)11-18(16)19/h2-3,5-8,11H,4,9-10H2,1H3. The van der Waals surface area contributed by atoms with Crippen LogP contribution in [0.4, 0.5) is 0 Å². The molecule has 0 bridgehead atoms. The quantitative estimate of drug-likeness (QED) is 0.585. The average molecular weight is 370 g/mol. The Bertz CT molecular complexity index is 809. The first-order valence-electron chi connectivity index (χ1n) is 7.53. The summed E-state index contributed by atoms with van der Waals surface area (Å²) in [4.78, 5) is 10.9. The van der Waals surface area contributed by atoms with Gasteiger partial charge in [-0.05, 0) is 47.2 Å². The van der Waals surface area contributed by atoms with Crippen molar-refractivity contribution in [2.45, 2.75) is 25.2 Å². The number of hydrogen-bond acceptors (Lipinski definition) is 3. The molecule has 0 heterocycles. The Labute approximate surface area is 144 Å². The number of halogens is 1. The van der Waals surface area contributed by atoms with Crippen molar-refractivity contribution in [2.24, 2.45) is 0 Å². The molecule has 0 aromatic heterocycles. The molecule has 1 atom stereocenters. The van der Waals surface area contributed by atoms with Gasteiger partial charge in [0, 0.05) is 11.4 Å². The van der Waals surface area contributed by atoms with Gasteiger partial charge in [-0.25, -0.2) is 0 Å². The predicted molar refractivity (Wildman–Crippen MR) is 91.8 cm³/mol. The van der Waals surface area contributed by atoms with Crippen molar-refractivity contribution in [3.8, 4) is 17.2 Å². The second kappa shape index (κ2) is 6.17. The van der Waals surface area contributed by atoms with Crippen LogP contribution in [0.1, 0.15) is 30.9 Å². The third-order valence-corrected chi connectivity index (χ3v) is 4.80. The molecule has 23 heavy (non-hydrogen) atoms. The van der Waals surface area contributed by atoms with Gasteiger partial charge in [0.15, 0.2) is 0 Å². The van der Waals surface area contributed by atoms with E-state index >= 15 is 0 Å². The minimum Gasteiger partial charge on any atom is -0.466 e. The molecule has 2 aromatic rings. The Morgan fingerprint density at radius 3 is 2.70 bits per heavy atom. The van der Waals surface area contributed by atoms with Gasteiger partial charge < -0.3 is 4.74 Å². The van der Waals surface area contributed by atoms with Crippen molar-refractivity contribution in [3.63, 3.8) is 0 Å². The summed E-state index contributed by atoms with van der Waals surface area (Å²) in [5, 5.41) is 10.0. The molecule has 4 heteroatoms. The van der Waals surface area contributed by atoms with Gasteiger partial charge in [-0.2, -0.15) is 5.26 Å². The van der Waals surface area contributed by atoms with E-state index in [1.807, 2.05) is 30.3 Å². The van der Waals surface area contributed by atoms with Crippen LogP contribution >= 0.6 is 15.9 Å². The Hall–Kier alpha value is -2.12. The summed E-state index contributed by atoms with van der Waals surface area (Å²) in [6, 6.07) is 16.7. The first kappa shape index (κ1) is 15.8. The molecule has 0 spiro atoms. The van der Waals surface area contributed by atoms with E-state index in [2.05, 4.69) is 34.1 Å². The van der Waals surface area contributed by atoms with Gasteiger partial charge in [0.2, 0.25) is 0 Å². The number of hydrogen-bond donors (Lipinski definition) is 0. The number of carbonyl (C=O) groups is 1. The molecule has 116 valence electrons. The van der Waals surface area contributed by atoms with E-state index in [1.165, 1.54) is 6.92 Å². The normalized spacial score (nSPS) is 18.0. The molecule has 3 nitrogen and oxygen atoms in total. The summed E-state index contributed by atoms with van der Waals surface area (Å²) in [7, 11) is 0. The van der Waals surface area contributed by atoms with Gasteiger partial charge in [0.25, 0.3) is 0 Å². The fourth-order valence-electron chi connectivity index (χ4n) is 3.34. The predicted octanol–water partition coefficient (Wildman–Crippen LogP) is 4.58. The zero-order valence-electron chi connectivity index (χ0n) is 12.8. The molecule has 3 rings (SSSR count). The van der Waals surface area contributed by atoms with Gasteiger partial charge in [0.1, 0.15) is 5.41 Å². The minimum absolute atomic E-state index is 0.286. The second-order valence-corrected chi connectivity index (χ2v) is 6.61. The van der Waals surface area contributed by atoms with Crippen LogP contribution in [0, 0.1) is 11.3 Å². The maximum Gasteiger partial charge on any atom is 0.302 e. The van der Waals surface area contributed by atoms with Crippen molar-refractivity contribution in [3.05, 3.63) is 58.1 Å². The highest BCUT2D eigenvalue weighted by Crippen LogP contribution is 2.51. The van der Waals surface area contributed by atoms with E-state index in [4.69, 9.17) is 4.74 Å². The van der Waals surface area contributed by atoms with Crippen LogP contribution in [0.3, 0.4) is 0 Å². The van der Waals surface area contributed by atoms with Crippen LogP contribution in [-0.2, 0) is 14.9 Å². The molecule has 0 aliphatic heterocycles. The number of fused-ring (bicyclic) bond motifs is 3. The zero-order chi connectivity index (χ0) is 16.4. The maximum absolute atomic E-state index is 10.9. The van der Waals surface area contributed by atoms with Crippen LogP contribution < -0.4 is 0 Å². The Kier molecular flexibility index (Phi) is 4.23. The summed E-state index contributed by atoms with van der Waals surface area (Å²) in [6.07, 6.45) is 1.27. The van der Waals surface area contributed by atoms with Crippen LogP contribution in [0.25, 0.3) is 11.1 Å². The molecule has 0 saturated heterocycles. The highest BCUT2D eigenvalue weighted by atomic mass is 79.9. The third kappa shape index (κ3) is 2.66. The van der Waals surface area contributed by atoms with E-state index in [-0.39, 0.29) is 5.97 Å². The third-order valence-electron chi connectivity index (χ3n) is 4.31. The monoisotopic (exact) mass is 369 g/mol. The topological polar surface area (TPSA) is 50.1 Å². The Morgan fingerprint density at radius 1 is 1.22 bits per heavy atom. The molecule has 0 N–H and O–H groups in total. The molecule has 1 aliphatic rings. The minimum atomic E-state index is -0.685. The molecule has 0 amide bonds. The van der Waals surface area contributed by atoms with Crippen molar-refractivity contribution in [1.29, 1.82) is 5.26 Å². The fourth-order valence-corrected chi connectivity index (χ4v) is 3.70. The molecule has 1 unspecified atom stereocenters. The number of nitriles is 1. The summed E-state index contributed by atoms with van der Waals surface area (Å²) in [5.41, 5.74) is 3.61. The summed E-state index contributed by atoms with van der Waals surface area (Å²) in [6.45, 7) is 1.74. The molecular formula is C19H16BrNO2. The van der Waals surface area contributed by atoms with Crippen molar-refractivity contribution in [1.82, 2.24) is 0 Å². The number of rotatable bonds is 4. The van der Waals surface area contributed by atoms with E-state index in [9.17, 15) is 10.1 Å². The SMILES string of the molecule is CC(=O)OCCCC1(C#N)c2ccccc2-c2ccc(Br)cc21. The number of esters is 1. The van der Waals surface area contributed by atoms with E-state index < -0.39 is 5.41 Å². The lowest BCUT2D eigenvalue weighted by atomic mass is 9.76. The smallest absolute Gasteiger partial charge is 0.302 e. The van der Waals surface area contributed by atoms with Gasteiger partial charge in [-0.1, -0.05) is 46.3 Å². The first-order chi connectivity index (χ1) is 11.1. The summed E-state index contributed by atoms with van der Waals surface area (Å²) >= 11 is 3.51. The molecule has 2 aromatic carbocycles. The molecular weight excluding hydrogens is 354 g/mol. The highest BCUT2D eigenvalue weighted by molar-refractivity contribution is 9.10. The Balaban J connectivity index is 2.03. The molecule has 1 aliphatic carbocycles. The summed E-state index contributed by atoms with van der Waals surface area (Å²) in [5.74, 6) is -0.286. The lowest BCUT2D eigenvalue weighted by Gasteiger charge is -2.24.